The highest BCUT2D eigenvalue weighted by Crippen LogP contribution is 2.31. The maximum atomic E-state index is 11.7. The molecule has 2 aliphatic heterocycles. The van der Waals surface area contributed by atoms with Crippen molar-refractivity contribution in [1.29, 1.82) is 0 Å². The Bertz CT molecular complexity index is 1060. The summed E-state index contributed by atoms with van der Waals surface area (Å²) < 4.78 is 27.4. The lowest BCUT2D eigenvalue weighted by Gasteiger charge is -2.45. The van der Waals surface area contributed by atoms with Gasteiger partial charge in [-0.15, -0.1) is 0 Å². The molecule has 0 spiro atoms. The Kier molecular flexibility index (Phi) is 7.24. The van der Waals surface area contributed by atoms with E-state index in [1.807, 2.05) is 0 Å². The first kappa shape index (κ1) is 25.0. The predicted octanol–water partition coefficient (Wildman–Crippen LogP) is -1.87. The monoisotopic (exact) mass is 484 g/mol. The van der Waals surface area contributed by atoms with Gasteiger partial charge in [-0.05, 0) is 31.5 Å². The zero-order valence-electron chi connectivity index (χ0n) is 18.4. The number of ether oxygens (including phenoxy) is 4. The van der Waals surface area contributed by atoms with Crippen LogP contribution in [0.3, 0.4) is 0 Å². The van der Waals surface area contributed by atoms with Gasteiger partial charge in [0.05, 0.1) is 12.7 Å². The van der Waals surface area contributed by atoms with Crippen molar-refractivity contribution in [3.8, 4) is 5.75 Å². The fraction of sp³-hybridized carbons (Fsp3) is 0.591. The van der Waals surface area contributed by atoms with Crippen LogP contribution >= 0.6 is 0 Å². The van der Waals surface area contributed by atoms with Crippen LogP contribution < -0.4 is 10.4 Å². The molecule has 2 fully saturated rings. The van der Waals surface area contributed by atoms with Crippen LogP contribution in [0.25, 0.3) is 11.0 Å². The van der Waals surface area contributed by atoms with Crippen LogP contribution in [0.2, 0.25) is 0 Å². The van der Waals surface area contributed by atoms with E-state index in [9.17, 15) is 35.4 Å². The van der Waals surface area contributed by atoms with E-state index < -0.39 is 73.6 Å². The molecule has 10 unspecified atom stereocenters. The quantitative estimate of drug-likeness (QED) is 0.260. The van der Waals surface area contributed by atoms with E-state index in [-0.39, 0.29) is 11.3 Å². The lowest BCUT2D eigenvalue weighted by Crippen LogP contribution is -2.64. The van der Waals surface area contributed by atoms with E-state index >= 15 is 0 Å². The zero-order chi connectivity index (χ0) is 24.7. The fourth-order valence-corrected chi connectivity index (χ4v) is 4.10. The Morgan fingerprint density at radius 2 is 1.65 bits per heavy atom. The fourth-order valence-electron chi connectivity index (χ4n) is 4.10. The summed E-state index contributed by atoms with van der Waals surface area (Å²) in [6, 6.07) is 6.01. The highest BCUT2D eigenvalue weighted by Gasteiger charge is 2.50. The van der Waals surface area contributed by atoms with Crippen LogP contribution in [0, 0.1) is 6.92 Å². The van der Waals surface area contributed by atoms with Crippen molar-refractivity contribution >= 4 is 11.0 Å². The summed E-state index contributed by atoms with van der Waals surface area (Å²) in [5.74, 6) is 0.165. The Hall–Kier alpha value is -2.13. The topological polar surface area (TPSA) is 189 Å². The maximum Gasteiger partial charge on any atom is 0.336 e. The summed E-state index contributed by atoms with van der Waals surface area (Å²) in [5.41, 5.74) is 0.413. The minimum Gasteiger partial charge on any atom is -0.462 e. The average molecular weight is 484 g/mol. The molecule has 0 radical (unpaired) electrons. The van der Waals surface area contributed by atoms with Gasteiger partial charge in [0.15, 0.2) is 6.29 Å². The van der Waals surface area contributed by atoms with E-state index in [2.05, 4.69) is 0 Å². The molecule has 0 bridgehead atoms. The standard InChI is InChI=1S/C22H28O12/c1-8-5-14(24)32-12-6-10(3-4-11(8)12)31-22-19(29)20(16(26)13(7-23)33-22)34-21-18(28)17(27)15(25)9(2)30-21/h3-6,9,13,15-23,25-29H,7H2,1-2H3. The van der Waals surface area contributed by atoms with E-state index in [0.717, 1.165) is 0 Å². The van der Waals surface area contributed by atoms with E-state index in [0.29, 0.717) is 10.9 Å². The first-order chi connectivity index (χ1) is 16.1. The van der Waals surface area contributed by atoms with Gasteiger partial charge in [-0.25, -0.2) is 4.79 Å². The van der Waals surface area contributed by atoms with Gasteiger partial charge in [0.25, 0.3) is 0 Å². The van der Waals surface area contributed by atoms with Crippen molar-refractivity contribution in [3.05, 3.63) is 40.2 Å². The van der Waals surface area contributed by atoms with Crippen LogP contribution in [0.1, 0.15) is 12.5 Å². The number of aliphatic hydroxyl groups excluding tert-OH is 6. The lowest BCUT2D eigenvalue weighted by atomic mass is 9.97. The minimum absolute atomic E-state index is 0.165. The molecule has 1 aromatic carbocycles. The average Bonchev–Trinajstić information content (AvgIpc) is 2.79. The van der Waals surface area contributed by atoms with Crippen LogP contribution in [0.5, 0.6) is 5.75 Å². The molecular weight excluding hydrogens is 456 g/mol. The number of benzene rings is 1. The molecule has 0 saturated carbocycles. The first-order valence-corrected chi connectivity index (χ1v) is 10.8. The summed E-state index contributed by atoms with van der Waals surface area (Å²) in [4.78, 5) is 11.7. The Balaban J connectivity index is 1.56. The van der Waals surface area contributed by atoms with Crippen LogP contribution in [0.15, 0.2) is 33.5 Å². The second-order valence-corrected chi connectivity index (χ2v) is 8.51. The molecule has 2 aromatic rings. The molecule has 34 heavy (non-hydrogen) atoms. The van der Waals surface area contributed by atoms with E-state index in [4.69, 9.17) is 23.4 Å². The molecule has 12 nitrogen and oxygen atoms in total. The van der Waals surface area contributed by atoms with Crippen LogP contribution in [-0.4, -0.2) is 98.7 Å². The Morgan fingerprint density at radius 1 is 0.912 bits per heavy atom. The SMILES string of the molecule is Cc1cc(=O)oc2cc(OC3OC(CO)C(O)C(OC4OC(C)C(O)C(O)C4O)C3O)ccc12. The molecule has 1 aromatic heterocycles. The number of fused-ring (bicyclic) bond motifs is 1. The first-order valence-electron chi connectivity index (χ1n) is 10.8. The van der Waals surface area contributed by atoms with Gasteiger partial charge in [-0.2, -0.15) is 0 Å². The number of rotatable bonds is 5. The summed E-state index contributed by atoms with van der Waals surface area (Å²) in [6.45, 7) is 2.56. The molecule has 188 valence electrons. The molecule has 0 amide bonds. The van der Waals surface area contributed by atoms with Gasteiger partial charge < -0.3 is 54.0 Å². The van der Waals surface area contributed by atoms with Gasteiger partial charge >= 0.3 is 5.63 Å². The van der Waals surface area contributed by atoms with Crippen molar-refractivity contribution in [1.82, 2.24) is 0 Å². The lowest BCUT2D eigenvalue weighted by molar-refractivity contribution is -0.349. The summed E-state index contributed by atoms with van der Waals surface area (Å²) >= 11 is 0. The third kappa shape index (κ3) is 4.69. The van der Waals surface area contributed by atoms with Crippen molar-refractivity contribution in [3.63, 3.8) is 0 Å². The number of aryl methyl sites for hydroxylation is 1. The van der Waals surface area contributed by atoms with E-state index in [1.165, 1.54) is 19.1 Å². The van der Waals surface area contributed by atoms with Gasteiger partial charge in [0, 0.05) is 17.5 Å². The molecule has 3 heterocycles. The second-order valence-electron chi connectivity index (χ2n) is 8.51. The van der Waals surface area contributed by atoms with Crippen molar-refractivity contribution in [2.24, 2.45) is 0 Å². The summed E-state index contributed by atoms with van der Waals surface area (Å²) in [7, 11) is 0. The largest absolute Gasteiger partial charge is 0.462 e. The molecule has 2 aliphatic rings. The highest BCUT2D eigenvalue weighted by molar-refractivity contribution is 5.81. The smallest absolute Gasteiger partial charge is 0.336 e. The Morgan fingerprint density at radius 3 is 2.35 bits per heavy atom. The zero-order valence-corrected chi connectivity index (χ0v) is 18.4. The number of hydrogen-bond donors (Lipinski definition) is 6. The normalized spacial score (nSPS) is 38.7. The highest BCUT2D eigenvalue weighted by atomic mass is 16.7. The van der Waals surface area contributed by atoms with E-state index in [1.54, 1.807) is 19.1 Å². The molecule has 10 atom stereocenters. The predicted molar refractivity (Wildman–Crippen MR) is 113 cm³/mol. The van der Waals surface area contributed by atoms with Gasteiger partial charge in [0.1, 0.15) is 54.1 Å². The number of aliphatic hydroxyl groups is 6. The molecule has 2 saturated heterocycles. The third-order valence-corrected chi connectivity index (χ3v) is 6.10. The molecule has 0 aliphatic carbocycles. The van der Waals surface area contributed by atoms with Crippen molar-refractivity contribution in [2.75, 3.05) is 6.61 Å². The molecular formula is C22H28O12. The third-order valence-electron chi connectivity index (χ3n) is 6.10. The van der Waals surface area contributed by atoms with Gasteiger partial charge in [-0.3, -0.25) is 0 Å². The maximum absolute atomic E-state index is 11.7. The van der Waals surface area contributed by atoms with Gasteiger partial charge in [0.2, 0.25) is 6.29 Å². The second kappa shape index (κ2) is 9.85. The van der Waals surface area contributed by atoms with Crippen molar-refractivity contribution in [2.45, 2.75) is 75.3 Å². The van der Waals surface area contributed by atoms with Gasteiger partial charge in [-0.1, -0.05) is 0 Å². The molecule has 4 rings (SSSR count). The summed E-state index contributed by atoms with van der Waals surface area (Å²) in [5, 5.41) is 61.8. The minimum atomic E-state index is -1.67. The van der Waals surface area contributed by atoms with Crippen LogP contribution in [-0.2, 0) is 14.2 Å². The molecule has 12 heteroatoms. The molecule has 6 N–H and O–H groups in total. The van der Waals surface area contributed by atoms with Crippen LogP contribution in [0.4, 0.5) is 0 Å². The summed E-state index contributed by atoms with van der Waals surface area (Å²) in [6.07, 6.45) is -14.3. The van der Waals surface area contributed by atoms with Crippen molar-refractivity contribution < 1.29 is 54.0 Å². The Labute approximate surface area is 193 Å². The number of hydrogen-bond acceptors (Lipinski definition) is 12.